The molecule has 4 heteroatoms. The number of rotatable bonds is 5. The summed E-state index contributed by atoms with van der Waals surface area (Å²) in [5, 5.41) is 0. The minimum Gasteiger partial charge on any atom is -0.489 e. The molecular weight excluding hydrogens is 308 g/mol. The summed E-state index contributed by atoms with van der Waals surface area (Å²) in [5.74, 6) is 0.640. The second-order valence-electron chi connectivity index (χ2n) is 5.06. The molecule has 0 heterocycles. The normalized spacial score (nSPS) is 11.1. The minimum atomic E-state index is -3.48. The Bertz CT molecular complexity index is 856. The minimum absolute atomic E-state index is 0.260. The second-order valence-corrected chi connectivity index (χ2v) is 7.01. The third kappa shape index (κ3) is 3.60. The summed E-state index contributed by atoms with van der Waals surface area (Å²) in [4.78, 5) is 0.550. The van der Waals surface area contributed by atoms with E-state index in [2.05, 4.69) is 0 Å². The van der Waals surface area contributed by atoms with Crippen LogP contribution in [0.3, 0.4) is 0 Å². The largest absolute Gasteiger partial charge is 0.489 e. The van der Waals surface area contributed by atoms with Crippen LogP contribution in [-0.2, 0) is 16.4 Å². The topological polar surface area (TPSA) is 43.4 Å². The summed E-state index contributed by atoms with van der Waals surface area (Å²) < 4.78 is 30.6. The molecule has 0 aliphatic heterocycles. The molecule has 0 atom stereocenters. The van der Waals surface area contributed by atoms with Gasteiger partial charge >= 0.3 is 0 Å². The Labute approximate surface area is 136 Å². The van der Waals surface area contributed by atoms with Gasteiger partial charge in [0.2, 0.25) is 9.84 Å². The lowest BCUT2D eigenvalue weighted by molar-refractivity contribution is 0.306. The van der Waals surface area contributed by atoms with Gasteiger partial charge in [-0.25, -0.2) is 8.42 Å². The van der Waals surface area contributed by atoms with Crippen LogP contribution in [0.25, 0.3) is 0 Å². The number of sulfone groups is 1. The highest BCUT2D eigenvalue weighted by atomic mass is 32.2. The summed E-state index contributed by atoms with van der Waals surface area (Å²) in [6.07, 6.45) is 0. The molecule has 0 saturated heterocycles. The van der Waals surface area contributed by atoms with Crippen LogP contribution in [0.4, 0.5) is 0 Å². The van der Waals surface area contributed by atoms with Crippen molar-refractivity contribution < 1.29 is 13.2 Å². The maximum atomic E-state index is 12.5. The summed E-state index contributed by atoms with van der Waals surface area (Å²) >= 11 is 0. The van der Waals surface area contributed by atoms with Gasteiger partial charge in [-0.2, -0.15) is 0 Å². The van der Waals surface area contributed by atoms with Gasteiger partial charge in [-0.1, -0.05) is 48.5 Å². The van der Waals surface area contributed by atoms with Crippen molar-refractivity contribution >= 4 is 9.84 Å². The Morgan fingerprint density at radius 2 is 1.17 bits per heavy atom. The molecule has 0 saturated carbocycles. The molecule has 0 unspecified atom stereocenters. The summed E-state index contributed by atoms with van der Waals surface area (Å²) in [5.41, 5.74) is 1.06. The second kappa shape index (κ2) is 6.67. The number of hydrogen-bond donors (Lipinski definition) is 0. The van der Waals surface area contributed by atoms with Crippen LogP contribution in [0.15, 0.2) is 94.7 Å². The van der Waals surface area contributed by atoms with Gasteiger partial charge < -0.3 is 4.74 Å². The molecule has 0 bridgehead atoms. The highest BCUT2D eigenvalue weighted by Crippen LogP contribution is 2.23. The summed E-state index contributed by atoms with van der Waals surface area (Å²) in [7, 11) is -3.48. The predicted octanol–water partition coefficient (Wildman–Crippen LogP) is 4.10. The van der Waals surface area contributed by atoms with Crippen LogP contribution in [0, 0.1) is 0 Å². The fourth-order valence-corrected chi connectivity index (χ4v) is 3.47. The SMILES string of the molecule is O=S(=O)(c1ccccc1)c1ccc(OCc2ccccc2)cc1. The predicted molar refractivity (Wildman–Crippen MR) is 89.1 cm³/mol. The number of benzene rings is 3. The fraction of sp³-hybridized carbons (Fsp3) is 0.0526. The van der Waals surface area contributed by atoms with E-state index < -0.39 is 9.84 Å². The Balaban J connectivity index is 1.75. The zero-order chi connectivity index (χ0) is 16.1. The van der Waals surface area contributed by atoms with Gasteiger partial charge in [0.1, 0.15) is 12.4 Å². The Hall–Kier alpha value is -2.59. The molecule has 116 valence electrons. The highest BCUT2D eigenvalue weighted by Gasteiger charge is 2.16. The number of ether oxygens (including phenoxy) is 1. The van der Waals surface area contributed by atoms with E-state index in [1.165, 1.54) is 0 Å². The van der Waals surface area contributed by atoms with Crippen LogP contribution >= 0.6 is 0 Å². The van der Waals surface area contributed by atoms with Gasteiger partial charge in [0.05, 0.1) is 9.79 Å². The molecule has 0 aliphatic rings. The van der Waals surface area contributed by atoms with Crippen LogP contribution in [0.1, 0.15) is 5.56 Å². The van der Waals surface area contributed by atoms with Crippen molar-refractivity contribution in [2.24, 2.45) is 0 Å². The number of hydrogen-bond acceptors (Lipinski definition) is 3. The molecule has 3 aromatic rings. The molecule has 0 radical (unpaired) electrons. The standard InChI is InChI=1S/C19H16O3S/c20-23(21,18-9-5-2-6-10-18)19-13-11-17(12-14-19)22-15-16-7-3-1-4-8-16/h1-14H,15H2. The van der Waals surface area contributed by atoms with Gasteiger partial charge in [-0.05, 0) is 42.0 Å². The molecule has 0 aliphatic carbocycles. The maximum Gasteiger partial charge on any atom is 0.206 e. The van der Waals surface area contributed by atoms with Gasteiger partial charge in [0.15, 0.2) is 0 Å². The van der Waals surface area contributed by atoms with Crippen LogP contribution < -0.4 is 4.74 Å². The molecule has 3 aromatic carbocycles. The molecule has 0 aromatic heterocycles. The van der Waals surface area contributed by atoms with Crippen molar-refractivity contribution in [1.82, 2.24) is 0 Å². The van der Waals surface area contributed by atoms with Crippen molar-refractivity contribution in [3.8, 4) is 5.75 Å². The van der Waals surface area contributed by atoms with Crippen molar-refractivity contribution in [3.63, 3.8) is 0 Å². The maximum absolute atomic E-state index is 12.5. The highest BCUT2D eigenvalue weighted by molar-refractivity contribution is 7.91. The molecule has 0 N–H and O–H groups in total. The Morgan fingerprint density at radius 3 is 1.78 bits per heavy atom. The van der Waals surface area contributed by atoms with E-state index in [0.29, 0.717) is 12.4 Å². The van der Waals surface area contributed by atoms with Crippen molar-refractivity contribution in [2.45, 2.75) is 16.4 Å². The van der Waals surface area contributed by atoms with Crippen LogP contribution in [-0.4, -0.2) is 8.42 Å². The van der Waals surface area contributed by atoms with E-state index in [1.807, 2.05) is 30.3 Å². The summed E-state index contributed by atoms with van der Waals surface area (Å²) in [6.45, 7) is 0.450. The van der Waals surface area contributed by atoms with E-state index in [9.17, 15) is 8.42 Å². The zero-order valence-electron chi connectivity index (χ0n) is 12.4. The Morgan fingerprint density at radius 1 is 0.652 bits per heavy atom. The van der Waals surface area contributed by atoms with Crippen molar-refractivity contribution in [2.75, 3.05) is 0 Å². The first-order chi connectivity index (χ1) is 11.2. The van der Waals surface area contributed by atoms with Crippen LogP contribution in [0.5, 0.6) is 5.75 Å². The lowest BCUT2D eigenvalue weighted by Gasteiger charge is -2.08. The molecule has 23 heavy (non-hydrogen) atoms. The molecule has 3 rings (SSSR count). The monoisotopic (exact) mass is 324 g/mol. The lowest BCUT2D eigenvalue weighted by Crippen LogP contribution is -2.02. The van der Waals surface area contributed by atoms with Gasteiger partial charge in [0, 0.05) is 0 Å². The third-order valence-electron chi connectivity index (χ3n) is 3.44. The van der Waals surface area contributed by atoms with Gasteiger partial charge in [-0.3, -0.25) is 0 Å². The van der Waals surface area contributed by atoms with Gasteiger partial charge in [0.25, 0.3) is 0 Å². The summed E-state index contributed by atoms with van der Waals surface area (Å²) in [6, 6.07) is 24.7. The zero-order valence-corrected chi connectivity index (χ0v) is 13.2. The molecule has 3 nitrogen and oxygen atoms in total. The fourth-order valence-electron chi connectivity index (χ4n) is 2.19. The molecule has 0 fully saturated rings. The molecule has 0 spiro atoms. The van der Waals surface area contributed by atoms with Crippen LogP contribution in [0.2, 0.25) is 0 Å². The van der Waals surface area contributed by atoms with Crippen molar-refractivity contribution in [1.29, 1.82) is 0 Å². The van der Waals surface area contributed by atoms with Gasteiger partial charge in [-0.15, -0.1) is 0 Å². The first-order valence-electron chi connectivity index (χ1n) is 7.23. The third-order valence-corrected chi connectivity index (χ3v) is 5.22. The first kappa shape index (κ1) is 15.3. The van der Waals surface area contributed by atoms with E-state index in [1.54, 1.807) is 54.6 Å². The van der Waals surface area contributed by atoms with E-state index in [4.69, 9.17) is 4.74 Å². The first-order valence-corrected chi connectivity index (χ1v) is 8.71. The molecule has 0 amide bonds. The average molecular weight is 324 g/mol. The van der Waals surface area contributed by atoms with E-state index in [-0.39, 0.29) is 9.79 Å². The quantitative estimate of drug-likeness (QED) is 0.710. The molecular formula is C19H16O3S. The van der Waals surface area contributed by atoms with Crippen molar-refractivity contribution in [3.05, 3.63) is 90.5 Å². The van der Waals surface area contributed by atoms with E-state index in [0.717, 1.165) is 5.56 Å². The smallest absolute Gasteiger partial charge is 0.206 e. The van der Waals surface area contributed by atoms with E-state index >= 15 is 0 Å². The lowest BCUT2D eigenvalue weighted by atomic mass is 10.2. The Kier molecular flexibility index (Phi) is 4.44. The average Bonchev–Trinajstić information content (AvgIpc) is 2.62.